The van der Waals surface area contributed by atoms with Crippen molar-refractivity contribution in [3.63, 3.8) is 0 Å². The highest BCUT2D eigenvalue weighted by Crippen LogP contribution is 2.17. The second-order valence-corrected chi connectivity index (χ2v) is 6.35. The Balaban J connectivity index is 2.95. The molecule has 1 rings (SSSR count). The lowest BCUT2D eigenvalue weighted by atomic mass is 10.1. The van der Waals surface area contributed by atoms with Crippen molar-refractivity contribution in [2.75, 3.05) is 6.54 Å². The molecule has 0 aromatic heterocycles. The Morgan fingerprint density at radius 2 is 1.95 bits per heavy atom. The number of hydrogen-bond acceptors (Lipinski definition) is 3. The first-order valence-corrected chi connectivity index (χ1v) is 8.26. The fraction of sp³-hybridized carbons (Fsp3) is 0.500. The van der Waals surface area contributed by atoms with Crippen molar-refractivity contribution in [3.8, 4) is 0 Å². The van der Waals surface area contributed by atoms with Crippen molar-refractivity contribution < 1.29 is 18.3 Å². The van der Waals surface area contributed by atoms with Crippen LogP contribution in [0.15, 0.2) is 23.1 Å². The van der Waals surface area contributed by atoms with E-state index in [1.165, 1.54) is 12.1 Å². The zero-order chi connectivity index (χ0) is 15.2. The van der Waals surface area contributed by atoms with E-state index in [2.05, 4.69) is 4.72 Å². The van der Waals surface area contributed by atoms with E-state index in [0.29, 0.717) is 18.5 Å². The van der Waals surface area contributed by atoms with Crippen LogP contribution in [0.4, 0.5) is 0 Å². The third-order valence-electron chi connectivity index (χ3n) is 3.08. The minimum Gasteiger partial charge on any atom is -0.478 e. The van der Waals surface area contributed by atoms with Crippen LogP contribution in [0, 0.1) is 0 Å². The molecule has 0 aliphatic rings. The van der Waals surface area contributed by atoms with Gasteiger partial charge in [0.05, 0.1) is 10.5 Å². The number of sulfonamides is 1. The first-order chi connectivity index (χ1) is 9.42. The summed E-state index contributed by atoms with van der Waals surface area (Å²) in [6.07, 6.45) is 3.29. The first kappa shape index (κ1) is 16.7. The Labute approximate surface area is 120 Å². The summed E-state index contributed by atoms with van der Waals surface area (Å²) in [4.78, 5) is 11.1. The van der Waals surface area contributed by atoms with E-state index in [1.807, 2.05) is 13.8 Å². The van der Waals surface area contributed by atoms with E-state index in [-0.39, 0.29) is 10.5 Å². The van der Waals surface area contributed by atoms with Gasteiger partial charge in [0, 0.05) is 6.54 Å². The summed E-state index contributed by atoms with van der Waals surface area (Å²) in [5.74, 6) is -1.11. The zero-order valence-electron chi connectivity index (χ0n) is 11.8. The second-order valence-electron chi connectivity index (χ2n) is 4.58. The van der Waals surface area contributed by atoms with Crippen LogP contribution in [-0.4, -0.2) is 26.0 Å². The van der Waals surface area contributed by atoms with E-state index >= 15 is 0 Å². The summed E-state index contributed by atoms with van der Waals surface area (Å²) in [6, 6.07) is 4.24. The molecule has 5 nitrogen and oxygen atoms in total. The monoisotopic (exact) mass is 299 g/mol. The van der Waals surface area contributed by atoms with E-state index in [4.69, 9.17) is 5.11 Å². The maximum Gasteiger partial charge on any atom is 0.336 e. The number of carboxylic acid groups (broad SMARTS) is 1. The minimum absolute atomic E-state index is 0.00333. The molecule has 0 saturated carbocycles. The third-order valence-corrected chi connectivity index (χ3v) is 4.53. The molecule has 1 aromatic carbocycles. The molecule has 0 unspecified atom stereocenters. The number of rotatable bonds is 8. The fourth-order valence-corrected chi connectivity index (χ4v) is 2.99. The normalized spacial score (nSPS) is 11.5. The summed E-state index contributed by atoms with van der Waals surface area (Å²) in [6.45, 7) is 4.24. The molecule has 112 valence electrons. The summed E-state index contributed by atoms with van der Waals surface area (Å²) in [7, 11) is -3.64. The molecule has 1 aromatic rings. The predicted molar refractivity (Wildman–Crippen MR) is 77.5 cm³/mol. The average molecular weight is 299 g/mol. The molecule has 0 atom stereocenters. The molecule has 2 N–H and O–H groups in total. The van der Waals surface area contributed by atoms with Gasteiger partial charge < -0.3 is 5.11 Å². The zero-order valence-corrected chi connectivity index (χ0v) is 12.7. The smallest absolute Gasteiger partial charge is 0.336 e. The van der Waals surface area contributed by atoms with Gasteiger partial charge in [0.2, 0.25) is 10.0 Å². The number of unbranched alkanes of at least 4 members (excludes halogenated alkanes) is 2. The van der Waals surface area contributed by atoms with Gasteiger partial charge in [-0.15, -0.1) is 0 Å². The molecule has 0 aliphatic heterocycles. The van der Waals surface area contributed by atoms with Crippen molar-refractivity contribution in [2.24, 2.45) is 0 Å². The standard InChI is InChI=1S/C14H21NO4S/c1-3-5-6-9-15-20(18,19)12-8-7-11(4-2)13(10-12)14(16)17/h7-8,10,15H,3-6,9H2,1-2H3,(H,16,17). The van der Waals surface area contributed by atoms with Gasteiger partial charge in [0.1, 0.15) is 0 Å². The van der Waals surface area contributed by atoms with Crippen LogP contribution >= 0.6 is 0 Å². The Morgan fingerprint density at radius 3 is 2.50 bits per heavy atom. The first-order valence-electron chi connectivity index (χ1n) is 6.78. The lowest BCUT2D eigenvalue weighted by Crippen LogP contribution is -2.25. The number of aromatic carboxylic acids is 1. The van der Waals surface area contributed by atoms with Crippen molar-refractivity contribution in [3.05, 3.63) is 29.3 Å². The van der Waals surface area contributed by atoms with Gasteiger partial charge >= 0.3 is 5.97 Å². The largest absolute Gasteiger partial charge is 0.478 e. The maximum atomic E-state index is 12.1. The van der Waals surface area contributed by atoms with Gasteiger partial charge in [0.15, 0.2) is 0 Å². The predicted octanol–water partition coefficient (Wildman–Crippen LogP) is 2.42. The fourth-order valence-electron chi connectivity index (χ4n) is 1.89. The van der Waals surface area contributed by atoms with Gasteiger partial charge in [-0.05, 0) is 30.5 Å². The Morgan fingerprint density at radius 1 is 1.25 bits per heavy atom. The second kappa shape index (κ2) is 7.40. The number of aryl methyl sites for hydroxylation is 1. The Bertz CT molecular complexity index is 567. The molecule has 0 heterocycles. The van der Waals surface area contributed by atoms with Gasteiger partial charge in [-0.2, -0.15) is 0 Å². The number of benzene rings is 1. The van der Waals surface area contributed by atoms with Gasteiger partial charge in [0.25, 0.3) is 0 Å². The molecule has 0 spiro atoms. The van der Waals surface area contributed by atoms with Crippen molar-refractivity contribution >= 4 is 16.0 Å². The molecule has 0 saturated heterocycles. The molecule has 20 heavy (non-hydrogen) atoms. The highest BCUT2D eigenvalue weighted by molar-refractivity contribution is 7.89. The van der Waals surface area contributed by atoms with Crippen LogP contribution in [0.5, 0.6) is 0 Å². The lowest BCUT2D eigenvalue weighted by Gasteiger charge is -2.09. The highest BCUT2D eigenvalue weighted by Gasteiger charge is 2.17. The van der Waals surface area contributed by atoms with Crippen LogP contribution in [0.2, 0.25) is 0 Å². The Hall–Kier alpha value is -1.40. The number of carboxylic acids is 1. The van der Waals surface area contributed by atoms with E-state index < -0.39 is 16.0 Å². The van der Waals surface area contributed by atoms with Crippen LogP contribution < -0.4 is 4.72 Å². The topological polar surface area (TPSA) is 83.5 Å². The lowest BCUT2D eigenvalue weighted by molar-refractivity contribution is 0.0695. The summed E-state index contributed by atoms with van der Waals surface area (Å²) < 4.78 is 26.6. The molecule has 0 bridgehead atoms. The van der Waals surface area contributed by atoms with Crippen LogP contribution in [-0.2, 0) is 16.4 Å². The minimum atomic E-state index is -3.64. The number of carbonyl (C=O) groups is 1. The molecular weight excluding hydrogens is 278 g/mol. The van der Waals surface area contributed by atoms with Crippen molar-refractivity contribution in [2.45, 2.75) is 44.4 Å². The highest BCUT2D eigenvalue weighted by atomic mass is 32.2. The molecular formula is C14H21NO4S. The number of nitrogens with one attached hydrogen (secondary N) is 1. The molecule has 0 radical (unpaired) electrons. The molecule has 0 amide bonds. The summed E-state index contributed by atoms with van der Waals surface area (Å²) >= 11 is 0. The van der Waals surface area contributed by atoms with Gasteiger partial charge in [-0.3, -0.25) is 0 Å². The molecule has 0 aliphatic carbocycles. The number of hydrogen-bond donors (Lipinski definition) is 2. The third kappa shape index (κ3) is 4.31. The van der Waals surface area contributed by atoms with Gasteiger partial charge in [-0.1, -0.05) is 32.8 Å². The van der Waals surface area contributed by atoms with E-state index in [0.717, 1.165) is 19.3 Å². The van der Waals surface area contributed by atoms with Crippen molar-refractivity contribution in [1.82, 2.24) is 4.72 Å². The Kier molecular flexibility index (Phi) is 6.16. The van der Waals surface area contributed by atoms with Gasteiger partial charge in [-0.25, -0.2) is 17.9 Å². The van der Waals surface area contributed by atoms with E-state index in [9.17, 15) is 13.2 Å². The SMILES string of the molecule is CCCCCNS(=O)(=O)c1ccc(CC)c(C(=O)O)c1. The van der Waals surface area contributed by atoms with Crippen molar-refractivity contribution in [1.29, 1.82) is 0 Å². The van der Waals surface area contributed by atoms with Crippen LogP contribution in [0.1, 0.15) is 49.0 Å². The average Bonchev–Trinajstić information content (AvgIpc) is 2.42. The maximum absolute atomic E-state index is 12.1. The van der Waals surface area contributed by atoms with E-state index in [1.54, 1.807) is 6.07 Å². The summed E-state index contributed by atoms with van der Waals surface area (Å²) in [5, 5.41) is 9.12. The summed E-state index contributed by atoms with van der Waals surface area (Å²) in [5.41, 5.74) is 0.673. The molecule has 6 heteroatoms. The molecule has 0 fully saturated rings. The van der Waals surface area contributed by atoms with Crippen LogP contribution in [0.3, 0.4) is 0 Å². The quantitative estimate of drug-likeness (QED) is 0.722. The van der Waals surface area contributed by atoms with Crippen LogP contribution in [0.25, 0.3) is 0 Å².